The number of rotatable bonds is 6. The first-order chi connectivity index (χ1) is 17.7. The van der Waals surface area contributed by atoms with E-state index in [-0.39, 0.29) is 17.8 Å². The molecule has 0 bridgehead atoms. The van der Waals surface area contributed by atoms with Gasteiger partial charge in [-0.3, -0.25) is 0 Å². The van der Waals surface area contributed by atoms with E-state index in [4.69, 9.17) is 14.0 Å². The van der Waals surface area contributed by atoms with E-state index < -0.39 is 11.6 Å². The number of hydrogen-bond acceptors (Lipinski definition) is 7. The first-order valence-corrected chi connectivity index (χ1v) is 12.2. The van der Waals surface area contributed by atoms with Gasteiger partial charge in [-0.05, 0) is 75.4 Å². The molecule has 190 valence electrons. The van der Waals surface area contributed by atoms with Crippen LogP contribution in [-0.4, -0.2) is 39.6 Å². The summed E-state index contributed by atoms with van der Waals surface area (Å²) in [5.74, 6) is 0.263. The fourth-order valence-electron chi connectivity index (χ4n) is 4.67. The van der Waals surface area contributed by atoms with E-state index in [0.29, 0.717) is 11.1 Å². The summed E-state index contributed by atoms with van der Waals surface area (Å²) in [6.45, 7) is 7.43. The van der Waals surface area contributed by atoms with E-state index >= 15 is 0 Å². The molecular weight excluding hydrogens is 470 g/mol. The first kappa shape index (κ1) is 24.5. The molecule has 1 aliphatic carbocycles. The number of aromatic nitrogens is 3. The topological polar surface area (TPSA) is 96.5 Å². The van der Waals surface area contributed by atoms with Crippen LogP contribution in [0.5, 0.6) is 0 Å². The third-order valence-corrected chi connectivity index (χ3v) is 6.46. The maximum atomic E-state index is 12.6. The van der Waals surface area contributed by atoms with Gasteiger partial charge in [0.05, 0.1) is 36.4 Å². The van der Waals surface area contributed by atoms with Crippen molar-refractivity contribution >= 4 is 11.9 Å². The molecule has 5 rings (SSSR count). The summed E-state index contributed by atoms with van der Waals surface area (Å²) in [6.07, 6.45) is 4.17. The van der Waals surface area contributed by atoms with Crippen LogP contribution in [0.1, 0.15) is 76.8 Å². The molecule has 1 fully saturated rings. The highest BCUT2D eigenvalue weighted by atomic mass is 16.6. The van der Waals surface area contributed by atoms with Crippen molar-refractivity contribution in [2.75, 3.05) is 7.11 Å². The quantitative estimate of drug-likeness (QED) is 0.307. The van der Waals surface area contributed by atoms with Crippen molar-refractivity contribution in [3.8, 4) is 16.8 Å². The number of methoxy groups -OCH3 is 1. The molecule has 2 atom stereocenters. The molecule has 2 aromatic carbocycles. The van der Waals surface area contributed by atoms with Crippen LogP contribution < -0.4 is 0 Å². The summed E-state index contributed by atoms with van der Waals surface area (Å²) in [5, 5.41) is 8.49. The molecule has 1 aliphatic rings. The van der Waals surface area contributed by atoms with Crippen molar-refractivity contribution in [2.24, 2.45) is 0 Å². The molecule has 0 spiro atoms. The number of carbonyl (C=O) groups excluding carboxylic acids is 2. The van der Waals surface area contributed by atoms with E-state index in [2.05, 4.69) is 10.3 Å². The van der Waals surface area contributed by atoms with Gasteiger partial charge in [0.1, 0.15) is 16.9 Å². The molecular formula is C29H29N3O5. The Bertz CT molecular complexity index is 1480. The average molecular weight is 500 g/mol. The summed E-state index contributed by atoms with van der Waals surface area (Å²) in [6, 6.07) is 15.2. The number of ether oxygens (including phenoxy) is 2. The molecule has 1 saturated carbocycles. The van der Waals surface area contributed by atoms with Crippen molar-refractivity contribution in [1.82, 2.24) is 14.9 Å². The smallest absolute Gasteiger partial charge is 0.341 e. The summed E-state index contributed by atoms with van der Waals surface area (Å²) >= 11 is 0. The second-order valence-corrected chi connectivity index (χ2v) is 10.3. The minimum atomic E-state index is -0.577. The van der Waals surface area contributed by atoms with Gasteiger partial charge in [0.15, 0.2) is 0 Å². The van der Waals surface area contributed by atoms with Crippen LogP contribution in [0.25, 0.3) is 16.8 Å². The number of aryl methyl sites for hydroxylation is 1. The van der Waals surface area contributed by atoms with E-state index in [1.807, 2.05) is 70.2 Å². The van der Waals surface area contributed by atoms with Crippen LogP contribution in [0.15, 0.2) is 65.4 Å². The highest BCUT2D eigenvalue weighted by molar-refractivity contribution is 5.92. The fraction of sp³-hybridized carbons (Fsp3) is 0.310. The minimum absolute atomic E-state index is 0.0776. The number of carbonyl (C=O) groups is 2. The Morgan fingerprint density at radius 1 is 1.00 bits per heavy atom. The van der Waals surface area contributed by atoms with Gasteiger partial charge in [0.25, 0.3) is 0 Å². The summed E-state index contributed by atoms with van der Waals surface area (Å²) in [5.41, 5.74) is 4.78. The van der Waals surface area contributed by atoms with Crippen molar-refractivity contribution < 1.29 is 23.6 Å². The molecule has 8 nitrogen and oxygen atoms in total. The normalized spacial score (nSPS) is 16.9. The Kier molecular flexibility index (Phi) is 6.19. The monoisotopic (exact) mass is 499 g/mol. The Morgan fingerprint density at radius 2 is 1.73 bits per heavy atom. The number of esters is 2. The molecule has 0 radical (unpaired) electrons. The second kappa shape index (κ2) is 9.35. The van der Waals surface area contributed by atoms with Gasteiger partial charge in [0, 0.05) is 11.5 Å². The van der Waals surface area contributed by atoms with Gasteiger partial charge >= 0.3 is 11.9 Å². The van der Waals surface area contributed by atoms with E-state index in [9.17, 15) is 9.59 Å². The molecule has 2 unspecified atom stereocenters. The summed E-state index contributed by atoms with van der Waals surface area (Å²) < 4.78 is 17.7. The number of hydrogen-bond donors (Lipinski definition) is 0. The van der Waals surface area contributed by atoms with Gasteiger partial charge in [-0.15, -0.1) is 0 Å². The maximum Gasteiger partial charge on any atom is 0.341 e. The van der Waals surface area contributed by atoms with E-state index in [1.54, 1.807) is 23.1 Å². The summed E-state index contributed by atoms with van der Waals surface area (Å²) in [7, 11) is 1.37. The predicted octanol–water partition coefficient (Wildman–Crippen LogP) is 5.85. The van der Waals surface area contributed by atoms with Crippen LogP contribution in [-0.2, 0) is 9.47 Å². The Hall–Kier alpha value is -4.20. The zero-order chi connectivity index (χ0) is 26.3. The van der Waals surface area contributed by atoms with Gasteiger partial charge in [-0.25, -0.2) is 14.3 Å². The molecule has 0 aliphatic heterocycles. The minimum Gasteiger partial charge on any atom is -0.465 e. The van der Waals surface area contributed by atoms with Crippen molar-refractivity contribution in [1.29, 1.82) is 0 Å². The van der Waals surface area contributed by atoms with Crippen molar-refractivity contribution in [3.05, 3.63) is 89.1 Å². The maximum absolute atomic E-state index is 12.6. The standard InChI is InChI=1S/C29H29N3O5/c1-17-24(16-31-37-17)22-14-23(22)26-25(28(34)35-5)15-30-32(26)21-11-7-9-19(13-21)18-8-6-10-20(12-18)27(33)36-29(2,3)4/h6-13,15-16,22-23H,14H2,1-5H3. The molecule has 0 N–H and O–H groups in total. The second-order valence-electron chi connectivity index (χ2n) is 10.3. The van der Waals surface area contributed by atoms with Gasteiger partial charge in [-0.2, -0.15) is 5.10 Å². The van der Waals surface area contributed by atoms with Gasteiger partial charge in [0.2, 0.25) is 0 Å². The number of benzene rings is 2. The van der Waals surface area contributed by atoms with Crippen LogP contribution in [0.3, 0.4) is 0 Å². The molecule has 2 aromatic heterocycles. The Balaban J connectivity index is 1.51. The molecule has 8 heteroatoms. The predicted molar refractivity (Wildman–Crippen MR) is 137 cm³/mol. The highest BCUT2D eigenvalue weighted by Gasteiger charge is 2.46. The van der Waals surface area contributed by atoms with Crippen molar-refractivity contribution in [2.45, 2.75) is 51.6 Å². The van der Waals surface area contributed by atoms with Crippen molar-refractivity contribution in [3.63, 3.8) is 0 Å². The van der Waals surface area contributed by atoms with E-state index in [0.717, 1.165) is 40.3 Å². The zero-order valence-electron chi connectivity index (χ0n) is 21.5. The molecule has 2 heterocycles. The lowest BCUT2D eigenvalue weighted by molar-refractivity contribution is 0.00693. The lowest BCUT2D eigenvalue weighted by atomic mass is 10.0. The van der Waals surface area contributed by atoms with Crippen LogP contribution in [0.4, 0.5) is 0 Å². The average Bonchev–Trinajstić information content (AvgIpc) is 3.31. The molecule has 37 heavy (non-hydrogen) atoms. The zero-order valence-corrected chi connectivity index (χ0v) is 21.5. The highest BCUT2D eigenvalue weighted by Crippen LogP contribution is 2.56. The Morgan fingerprint density at radius 3 is 2.41 bits per heavy atom. The molecule has 0 saturated heterocycles. The van der Waals surface area contributed by atoms with Gasteiger partial charge < -0.3 is 14.0 Å². The van der Waals surface area contributed by atoms with E-state index in [1.165, 1.54) is 7.11 Å². The molecule has 0 amide bonds. The van der Waals surface area contributed by atoms with Gasteiger partial charge in [-0.1, -0.05) is 29.4 Å². The lowest BCUT2D eigenvalue weighted by Gasteiger charge is -2.19. The number of nitrogens with zero attached hydrogens (tertiary/aromatic N) is 3. The van der Waals surface area contributed by atoms with Crippen LogP contribution >= 0.6 is 0 Å². The summed E-state index contributed by atoms with van der Waals surface area (Å²) in [4.78, 5) is 25.2. The SMILES string of the molecule is COC(=O)c1cnn(-c2cccc(-c3cccc(C(=O)OC(C)(C)C)c3)c2)c1C1CC1c1cnoc1C. The fourth-order valence-corrected chi connectivity index (χ4v) is 4.67. The Labute approximate surface area is 215 Å². The third kappa shape index (κ3) is 4.91. The van der Waals surface area contributed by atoms with Crippen LogP contribution in [0, 0.1) is 6.92 Å². The lowest BCUT2D eigenvalue weighted by Crippen LogP contribution is -2.23. The third-order valence-electron chi connectivity index (χ3n) is 6.46. The first-order valence-electron chi connectivity index (χ1n) is 12.2. The van der Waals surface area contributed by atoms with Crippen LogP contribution in [0.2, 0.25) is 0 Å². The molecule has 4 aromatic rings. The largest absolute Gasteiger partial charge is 0.465 e.